The molecule has 4 heteroatoms. The molecule has 2 heterocycles. The molecule has 1 amide bonds. The highest BCUT2D eigenvalue weighted by Crippen LogP contribution is 2.17. The number of piperazine rings is 1. The molecular formula is C14H19N3O. The summed E-state index contributed by atoms with van der Waals surface area (Å²) in [5.74, 6) is 0.565. The van der Waals surface area contributed by atoms with Crippen LogP contribution in [-0.2, 0) is 4.79 Å². The van der Waals surface area contributed by atoms with Gasteiger partial charge < -0.3 is 15.1 Å². The Morgan fingerprint density at radius 3 is 2.28 bits per heavy atom. The number of amides is 1. The van der Waals surface area contributed by atoms with Crippen molar-refractivity contribution in [3.8, 4) is 0 Å². The van der Waals surface area contributed by atoms with E-state index >= 15 is 0 Å². The topological polar surface area (TPSA) is 35.6 Å². The maximum absolute atomic E-state index is 12.1. The first-order valence-corrected chi connectivity index (χ1v) is 6.64. The molecule has 0 unspecified atom stereocenters. The van der Waals surface area contributed by atoms with Crippen LogP contribution in [0.1, 0.15) is 0 Å². The molecule has 1 aromatic carbocycles. The van der Waals surface area contributed by atoms with Crippen molar-refractivity contribution in [1.29, 1.82) is 0 Å². The van der Waals surface area contributed by atoms with Gasteiger partial charge in [-0.1, -0.05) is 18.2 Å². The number of hydrogen-bond donors (Lipinski definition) is 1. The summed E-state index contributed by atoms with van der Waals surface area (Å²) in [6.45, 7) is 5.30. The van der Waals surface area contributed by atoms with E-state index in [-0.39, 0.29) is 5.92 Å². The zero-order valence-corrected chi connectivity index (χ0v) is 10.5. The molecule has 4 nitrogen and oxygen atoms in total. The number of nitrogens with one attached hydrogen (secondary N) is 1. The van der Waals surface area contributed by atoms with Crippen molar-refractivity contribution in [2.24, 2.45) is 5.92 Å². The van der Waals surface area contributed by atoms with Gasteiger partial charge in [-0.3, -0.25) is 4.79 Å². The van der Waals surface area contributed by atoms with Gasteiger partial charge in [-0.05, 0) is 12.1 Å². The third-order valence-electron chi connectivity index (χ3n) is 3.84. The second kappa shape index (κ2) is 4.98. The van der Waals surface area contributed by atoms with Crippen LogP contribution in [-0.4, -0.2) is 50.1 Å². The minimum absolute atomic E-state index is 0.230. The standard InChI is InChI=1S/C14H19N3O/c18-14(12-10-15-11-12)17-8-6-16(7-9-17)13-4-2-1-3-5-13/h1-5,12,15H,6-11H2. The molecule has 1 N–H and O–H groups in total. The van der Waals surface area contributed by atoms with Crippen molar-refractivity contribution < 1.29 is 4.79 Å². The van der Waals surface area contributed by atoms with Gasteiger partial charge in [-0.15, -0.1) is 0 Å². The molecule has 0 aliphatic carbocycles. The lowest BCUT2D eigenvalue weighted by Crippen LogP contribution is -2.56. The summed E-state index contributed by atoms with van der Waals surface area (Å²) in [7, 11) is 0. The second-order valence-corrected chi connectivity index (χ2v) is 5.00. The van der Waals surface area contributed by atoms with Crippen molar-refractivity contribution >= 4 is 11.6 Å². The van der Waals surface area contributed by atoms with Crippen LogP contribution in [0.4, 0.5) is 5.69 Å². The Labute approximate surface area is 108 Å². The van der Waals surface area contributed by atoms with Crippen molar-refractivity contribution in [1.82, 2.24) is 10.2 Å². The number of nitrogens with zero attached hydrogens (tertiary/aromatic N) is 2. The Kier molecular flexibility index (Phi) is 3.19. The van der Waals surface area contributed by atoms with Gasteiger partial charge in [0.2, 0.25) is 5.91 Å². The lowest BCUT2D eigenvalue weighted by atomic mass is 10.0. The van der Waals surface area contributed by atoms with Crippen LogP contribution in [0.15, 0.2) is 30.3 Å². The average Bonchev–Trinajstić information content (AvgIpc) is 2.38. The molecule has 0 saturated carbocycles. The zero-order chi connectivity index (χ0) is 12.4. The van der Waals surface area contributed by atoms with Crippen molar-refractivity contribution in [2.75, 3.05) is 44.2 Å². The van der Waals surface area contributed by atoms with Crippen LogP contribution >= 0.6 is 0 Å². The molecule has 1 aromatic rings. The Hall–Kier alpha value is -1.55. The predicted octanol–water partition coefficient (Wildman–Crippen LogP) is 0.555. The smallest absolute Gasteiger partial charge is 0.228 e. The Morgan fingerprint density at radius 2 is 1.72 bits per heavy atom. The highest BCUT2D eigenvalue weighted by atomic mass is 16.2. The minimum Gasteiger partial charge on any atom is -0.368 e. The highest BCUT2D eigenvalue weighted by Gasteiger charge is 2.30. The van der Waals surface area contributed by atoms with Gasteiger partial charge in [-0.2, -0.15) is 0 Å². The molecule has 2 saturated heterocycles. The number of hydrogen-bond acceptors (Lipinski definition) is 3. The summed E-state index contributed by atoms with van der Waals surface area (Å²) >= 11 is 0. The summed E-state index contributed by atoms with van der Waals surface area (Å²) in [6.07, 6.45) is 0. The number of benzene rings is 1. The highest BCUT2D eigenvalue weighted by molar-refractivity contribution is 5.80. The van der Waals surface area contributed by atoms with E-state index in [1.807, 2.05) is 11.0 Å². The van der Waals surface area contributed by atoms with E-state index in [1.54, 1.807) is 0 Å². The Bertz CT molecular complexity index is 408. The summed E-state index contributed by atoms with van der Waals surface area (Å²) < 4.78 is 0. The van der Waals surface area contributed by atoms with Gasteiger partial charge in [0.25, 0.3) is 0 Å². The second-order valence-electron chi connectivity index (χ2n) is 5.00. The maximum Gasteiger partial charge on any atom is 0.228 e. The molecule has 96 valence electrons. The van der Waals surface area contributed by atoms with Crippen molar-refractivity contribution in [3.05, 3.63) is 30.3 Å². The Balaban J connectivity index is 1.56. The SMILES string of the molecule is O=C(C1CNC1)N1CCN(c2ccccc2)CC1. The Morgan fingerprint density at radius 1 is 1.06 bits per heavy atom. The van der Waals surface area contributed by atoms with Crippen LogP contribution in [0.5, 0.6) is 0 Å². The zero-order valence-electron chi connectivity index (χ0n) is 10.5. The summed E-state index contributed by atoms with van der Waals surface area (Å²) in [6, 6.07) is 10.4. The predicted molar refractivity (Wildman–Crippen MR) is 71.6 cm³/mol. The van der Waals surface area contributed by atoms with E-state index in [1.165, 1.54) is 5.69 Å². The minimum atomic E-state index is 0.230. The third kappa shape index (κ3) is 2.20. The fraction of sp³-hybridized carbons (Fsp3) is 0.500. The number of rotatable bonds is 2. The van der Waals surface area contributed by atoms with Crippen LogP contribution in [0.3, 0.4) is 0 Å². The average molecular weight is 245 g/mol. The molecule has 2 aliphatic rings. The van der Waals surface area contributed by atoms with Gasteiger partial charge in [0.05, 0.1) is 5.92 Å². The number of para-hydroxylation sites is 1. The van der Waals surface area contributed by atoms with Crippen LogP contribution in [0.25, 0.3) is 0 Å². The first-order chi connectivity index (χ1) is 8.84. The summed E-state index contributed by atoms with van der Waals surface area (Å²) in [5.41, 5.74) is 1.26. The van der Waals surface area contributed by atoms with Crippen molar-refractivity contribution in [3.63, 3.8) is 0 Å². The largest absolute Gasteiger partial charge is 0.368 e. The molecule has 2 aliphatic heterocycles. The third-order valence-corrected chi connectivity index (χ3v) is 3.84. The first kappa shape index (κ1) is 11.5. The molecule has 0 spiro atoms. The lowest BCUT2D eigenvalue weighted by molar-refractivity contribution is -0.137. The number of carbonyl (C=O) groups excluding carboxylic acids is 1. The normalized spacial score (nSPS) is 20.7. The molecular weight excluding hydrogens is 226 g/mol. The van der Waals surface area contributed by atoms with E-state index in [0.717, 1.165) is 39.3 Å². The number of carbonyl (C=O) groups is 1. The maximum atomic E-state index is 12.1. The summed E-state index contributed by atoms with van der Waals surface area (Å²) in [5, 5.41) is 3.16. The van der Waals surface area contributed by atoms with E-state index in [2.05, 4.69) is 34.5 Å². The van der Waals surface area contributed by atoms with E-state index in [4.69, 9.17) is 0 Å². The monoisotopic (exact) mass is 245 g/mol. The van der Waals surface area contributed by atoms with E-state index in [0.29, 0.717) is 5.91 Å². The molecule has 0 atom stereocenters. The van der Waals surface area contributed by atoms with Gasteiger partial charge in [-0.25, -0.2) is 0 Å². The lowest BCUT2D eigenvalue weighted by Gasteiger charge is -2.39. The van der Waals surface area contributed by atoms with Gasteiger partial charge >= 0.3 is 0 Å². The first-order valence-electron chi connectivity index (χ1n) is 6.64. The molecule has 0 aromatic heterocycles. The van der Waals surface area contributed by atoms with Crippen LogP contribution in [0.2, 0.25) is 0 Å². The molecule has 0 radical (unpaired) electrons. The molecule has 0 bridgehead atoms. The quantitative estimate of drug-likeness (QED) is 0.827. The van der Waals surface area contributed by atoms with Crippen LogP contribution in [0, 0.1) is 5.92 Å². The van der Waals surface area contributed by atoms with Gasteiger partial charge in [0.1, 0.15) is 0 Å². The number of anilines is 1. The molecule has 18 heavy (non-hydrogen) atoms. The van der Waals surface area contributed by atoms with E-state index < -0.39 is 0 Å². The molecule has 2 fully saturated rings. The van der Waals surface area contributed by atoms with E-state index in [9.17, 15) is 4.79 Å². The van der Waals surface area contributed by atoms with Crippen LogP contribution < -0.4 is 10.2 Å². The fourth-order valence-corrected chi connectivity index (χ4v) is 2.55. The van der Waals surface area contributed by atoms with Crippen molar-refractivity contribution in [2.45, 2.75) is 0 Å². The molecule has 3 rings (SSSR count). The van der Waals surface area contributed by atoms with Gasteiger partial charge in [0, 0.05) is 45.0 Å². The fourth-order valence-electron chi connectivity index (χ4n) is 2.55. The summed E-state index contributed by atoms with van der Waals surface area (Å²) in [4.78, 5) is 16.5. The van der Waals surface area contributed by atoms with Gasteiger partial charge in [0.15, 0.2) is 0 Å².